The number of alkyl halides is 2. The van der Waals surface area contributed by atoms with Crippen LogP contribution in [-0.4, -0.2) is 73.8 Å². The number of pyridine rings is 1. The normalized spacial score (nSPS) is 24.8. The van der Waals surface area contributed by atoms with E-state index in [0.717, 1.165) is 48.9 Å². The number of halogens is 3. The number of amides is 2. The maximum atomic E-state index is 15.2. The fraction of sp³-hybridized carbons (Fsp3) is 0.476. The number of ether oxygens (including phenoxy) is 1. The number of rotatable bonds is 7. The molecular weight excluding hydrogens is 782 g/mol. The molecule has 2 saturated carbocycles. The molecule has 308 valence electrons. The van der Waals surface area contributed by atoms with Crippen LogP contribution in [0.2, 0.25) is 5.02 Å². The molecule has 0 bridgehead atoms. The zero-order valence-corrected chi connectivity index (χ0v) is 33.7. The fourth-order valence-corrected chi connectivity index (χ4v) is 10.1. The van der Waals surface area contributed by atoms with Gasteiger partial charge in [-0.05, 0) is 74.6 Å². The van der Waals surface area contributed by atoms with E-state index in [1.54, 1.807) is 31.4 Å². The first-order valence-electron chi connectivity index (χ1n) is 20.3. The van der Waals surface area contributed by atoms with Crippen LogP contribution >= 0.6 is 11.6 Å². The van der Waals surface area contributed by atoms with Crippen molar-refractivity contribution in [3.8, 4) is 5.75 Å². The van der Waals surface area contributed by atoms with Crippen LogP contribution in [0.5, 0.6) is 5.75 Å². The molecule has 1 spiro atoms. The van der Waals surface area contributed by atoms with Crippen molar-refractivity contribution in [1.82, 2.24) is 29.6 Å². The Bertz CT molecular complexity index is 2620. The number of anilines is 5. The molecule has 14 nitrogen and oxygen atoms in total. The van der Waals surface area contributed by atoms with Gasteiger partial charge in [-0.2, -0.15) is 10.1 Å². The topological polar surface area (TPSA) is 160 Å². The predicted molar refractivity (Wildman–Crippen MR) is 221 cm³/mol. The molecule has 2 aromatic carbocycles. The van der Waals surface area contributed by atoms with Crippen molar-refractivity contribution < 1.29 is 23.1 Å². The highest BCUT2D eigenvalue weighted by molar-refractivity contribution is 6.33. The molecule has 1 unspecified atom stereocenters. The van der Waals surface area contributed by atoms with E-state index in [4.69, 9.17) is 26.4 Å². The van der Waals surface area contributed by atoms with E-state index in [2.05, 4.69) is 44.1 Å². The Morgan fingerprint density at radius 1 is 1.03 bits per heavy atom. The zero-order chi connectivity index (χ0) is 41.0. The molecule has 5 aromatic rings. The first-order chi connectivity index (χ1) is 28.3. The molecule has 0 radical (unpaired) electrons. The highest BCUT2D eigenvalue weighted by Gasteiger charge is 2.51. The van der Waals surface area contributed by atoms with Crippen LogP contribution in [-0.2, 0) is 23.7 Å². The minimum Gasteiger partial charge on any atom is -0.480 e. The van der Waals surface area contributed by atoms with Gasteiger partial charge in [-0.25, -0.2) is 13.8 Å². The zero-order valence-electron chi connectivity index (χ0n) is 32.9. The minimum atomic E-state index is -3.13. The van der Waals surface area contributed by atoms with E-state index < -0.39 is 30.0 Å². The van der Waals surface area contributed by atoms with Crippen molar-refractivity contribution in [1.29, 1.82) is 0 Å². The van der Waals surface area contributed by atoms with Crippen molar-refractivity contribution >= 4 is 74.0 Å². The van der Waals surface area contributed by atoms with Crippen molar-refractivity contribution in [3.63, 3.8) is 0 Å². The summed E-state index contributed by atoms with van der Waals surface area (Å²) < 4.78 is 39.1. The Morgan fingerprint density at radius 2 is 1.85 bits per heavy atom. The number of para-hydroxylation sites is 1. The van der Waals surface area contributed by atoms with E-state index >= 15 is 8.78 Å². The number of aryl methyl sites for hydroxylation is 2. The van der Waals surface area contributed by atoms with E-state index in [-0.39, 0.29) is 40.6 Å². The van der Waals surface area contributed by atoms with Crippen LogP contribution < -0.4 is 36.5 Å². The Kier molecular flexibility index (Phi) is 8.82. The number of benzene rings is 2. The lowest BCUT2D eigenvalue weighted by atomic mass is 9.64. The number of nitrogens with one attached hydrogen (secondary N) is 4. The summed E-state index contributed by atoms with van der Waals surface area (Å²) in [6.45, 7) is 3.05. The largest absolute Gasteiger partial charge is 0.480 e. The maximum absolute atomic E-state index is 15.2. The molecule has 3 aromatic heterocycles. The Labute approximate surface area is 343 Å². The standard InChI is InChI=1S/C42H45ClF2N10O4/c1-21-16-41(14-13-28(21)48-29-6-4-5-24-32(52-54(3)34(24)29)25-10-12-31(56)49-38(25)57)18-55(19-41)40-46-17-27(43)37(51-40)47-23-9-11-30-26(15-23)33-35(39(58)53(30)2)59-20-42(44,45)36(50-33)22-7-8-22/h4-6,9,11,15,17,21-22,25,28,36,48,50H,7-8,10,12-14,16,18-20H2,1-3H3,(H,46,47,51)(H,49,56,57)/t21-,25?,28-,36-/m0/s1. The second kappa shape index (κ2) is 13.8. The van der Waals surface area contributed by atoms with Gasteiger partial charge in [0, 0.05) is 61.5 Å². The lowest BCUT2D eigenvalue weighted by molar-refractivity contribution is -0.134. The first kappa shape index (κ1) is 37.7. The quantitative estimate of drug-likeness (QED) is 0.134. The third-order valence-electron chi connectivity index (χ3n) is 13.2. The number of imide groups is 1. The second-order valence-corrected chi connectivity index (χ2v) is 17.7. The van der Waals surface area contributed by atoms with Gasteiger partial charge in [-0.15, -0.1) is 0 Å². The van der Waals surface area contributed by atoms with Gasteiger partial charge in [-0.3, -0.25) is 24.4 Å². The summed E-state index contributed by atoms with van der Waals surface area (Å²) in [6.07, 6.45) is 6.76. The number of carbonyl (C=O) groups is 2. The summed E-state index contributed by atoms with van der Waals surface area (Å²) in [4.78, 5) is 49.3. The number of hydrogen-bond donors (Lipinski definition) is 4. The average molecular weight is 827 g/mol. The van der Waals surface area contributed by atoms with Crippen LogP contribution in [0.4, 0.5) is 37.6 Å². The Balaban J connectivity index is 0.831. The molecule has 4 atom stereocenters. The van der Waals surface area contributed by atoms with Gasteiger partial charge in [0.25, 0.3) is 5.56 Å². The third kappa shape index (κ3) is 6.50. The van der Waals surface area contributed by atoms with Gasteiger partial charge >= 0.3 is 5.92 Å². The molecular formula is C42H45ClF2N10O4. The SMILES string of the molecule is C[C@H]1CC2(CC[C@@H]1Nc1cccc3c(C4CCC(=O)NC4=O)nn(C)c13)CN(c1ncc(Cl)c(Nc3ccc4c(c3)c3c(c(=O)n4C)OCC(F)(F)[C@H](C4CC4)N3)n1)C2. The molecule has 4 N–H and O–H groups in total. The first-order valence-corrected chi connectivity index (χ1v) is 20.7. The molecule has 3 aliphatic heterocycles. The number of nitrogens with zero attached hydrogens (tertiary/aromatic N) is 6. The van der Waals surface area contributed by atoms with E-state index in [9.17, 15) is 14.4 Å². The molecule has 5 aliphatic rings. The average Bonchev–Trinajstić information content (AvgIpc) is 3.99. The maximum Gasteiger partial charge on any atom is 0.301 e. The van der Waals surface area contributed by atoms with Crippen LogP contribution in [0.25, 0.3) is 21.8 Å². The smallest absolute Gasteiger partial charge is 0.301 e. The molecule has 2 aliphatic carbocycles. The summed E-state index contributed by atoms with van der Waals surface area (Å²) >= 11 is 6.64. The summed E-state index contributed by atoms with van der Waals surface area (Å²) in [5.74, 6) is -3.09. The molecule has 2 amide bonds. The highest BCUT2D eigenvalue weighted by atomic mass is 35.5. The molecule has 2 saturated heterocycles. The number of piperidine rings is 1. The van der Waals surface area contributed by atoms with Gasteiger partial charge in [0.15, 0.2) is 12.4 Å². The van der Waals surface area contributed by atoms with Gasteiger partial charge in [-0.1, -0.05) is 30.7 Å². The number of fused-ring (bicyclic) bond motifs is 4. The van der Waals surface area contributed by atoms with Crippen molar-refractivity contribution in [2.75, 3.05) is 40.5 Å². The molecule has 10 rings (SSSR count). The van der Waals surface area contributed by atoms with E-state index in [1.165, 1.54) is 4.57 Å². The van der Waals surface area contributed by atoms with Gasteiger partial charge in [0.2, 0.25) is 23.5 Å². The third-order valence-corrected chi connectivity index (χ3v) is 13.4. The summed E-state index contributed by atoms with van der Waals surface area (Å²) in [6, 6.07) is 10.5. The summed E-state index contributed by atoms with van der Waals surface area (Å²) in [5.41, 5.74) is 3.73. The number of carbonyl (C=O) groups excluding carboxylic acids is 2. The van der Waals surface area contributed by atoms with Gasteiger partial charge in [0.1, 0.15) is 5.02 Å². The van der Waals surface area contributed by atoms with Crippen LogP contribution in [0.1, 0.15) is 63.5 Å². The van der Waals surface area contributed by atoms with Crippen LogP contribution in [0.15, 0.2) is 47.4 Å². The lowest BCUT2D eigenvalue weighted by Gasteiger charge is -2.55. The van der Waals surface area contributed by atoms with Gasteiger partial charge < -0.3 is 30.2 Å². The Hall–Kier alpha value is -5.51. The van der Waals surface area contributed by atoms with Crippen LogP contribution in [0.3, 0.4) is 0 Å². The van der Waals surface area contributed by atoms with E-state index in [0.29, 0.717) is 70.7 Å². The predicted octanol–water partition coefficient (Wildman–Crippen LogP) is 6.46. The molecule has 59 heavy (non-hydrogen) atoms. The Morgan fingerprint density at radius 3 is 2.61 bits per heavy atom. The van der Waals surface area contributed by atoms with Gasteiger partial charge in [0.05, 0.1) is 46.3 Å². The summed E-state index contributed by atoms with van der Waals surface area (Å²) in [7, 11) is 3.50. The van der Waals surface area contributed by atoms with E-state index in [1.807, 2.05) is 23.9 Å². The number of aromatic nitrogens is 5. The highest BCUT2D eigenvalue weighted by Crippen LogP contribution is 2.49. The lowest BCUT2D eigenvalue weighted by Crippen LogP contribution is -2.60. The van der Waals surface area contributed by atoms with Crippen LogP contribution in [0, 0.1) is 17.3 Å². The molecule has 17 heteroatoms. The molecule has 4 fully saturated rings. The van der Waals surface area contributed by atoms with Crippen molar-refractivity contribution in [2.24, 2.45) is 31.3 Å². The monoisotopic (exact) mass is 826 g/mol. The minimum absolute atomic E-state index is 0.112. The summed E-state index contributed by atoms with van der Waals surface area (Å²) in [5, 5.41) is 19.2. The second-order valence-electron chi connectivity index (χ2n) is 17.3. The molecule has 6 heterocycles. The number of hydrogen-bond acceptors (Lipinski definition) is 11. The van der Waals surface area contributed by atoms with Crippen molar-refractivity contribution in [2.45, 2.75) is 75.8 Å². The van der Waals surface area contributed by atoms with Crippen molar-refractivity contribution in [3.05, 3.63) is 63.7 Å². The fourth-order valence-electron chi connectivity index (χ4n) is 9.99.